The molecule has 0 saturated heterocycles. The molecule has 1 rings (SSSR count). The second kappa shape index (κ2) is 5.09. The van der Waals surface area contributed by atoms with Crippen molar-refractivity contribution < 1.29 is 14.3 Å². The lowest BCUT2D eigenvalue weighted by Crippen LogP contribution is -2.30. The van der Waals surface area contributed by atoms with E-state index in [2.05, 4.69) is 5.32 Å². The van der Waals surface area contributed by atoms with Gasteiger partial charge in [-0.2, -0.15) is 0 Å². The topological polar surface area (TPSA) is 49.3 Å². The summed E-state index contributed by atoms with van der Waals surface area (Å²) in [6.45, 7) is 1.64. The van der Waals surface area contributed by atoms with Crippen LogP contribution in [0.5, 0.6) is 0 Å². The van der Waals surface area contributed by atoms with Crippen molar-refractivity contribution in [1.82, 2.24) is 5.32 Å². The number of aliphatic hydroxyl groups is 1. The summed E-state index contributed by atoms with van der Waals surface area (Å²) < 4.78 is 13.0. The van der Waals surface area contributed by atoms with Crippen LogP contribution in [0.15, 0.2) is 18.2 Å². The Balaban J connectivity index is 2.78. The number of halogens is 2. The number of hydrogen-bond donors (Lipinski definition) is 2. The Morgan fingerprint density at radius 3 is 2.93 bits per heavy atom. The van der Waals surface area contributed by atoms with E-state index in [1.54, 1.807) is 0 Å². The maximum Gasteiger partial charge on any atom is 0.252 e. The van der Waals surface area contributed by atoms with Crippen LogP contribution in [0.25, 0.3) is 0 Å². The zero-order chi connectivity index (χ0) is 11.4. The smallest absolute Gasteiger partial charge is 0.252 e. The highest BCUT2D eigenvalue weighted by molar-refractivity contribution is 6.34. The van der Waals surface area contributed by atoms with Crippen molar-refractivity contribution in [3.05, 3.63) is 34.6 Å². The van der Waals surface area contributed by atoms with Crippen molar-refractivity contribution in [2.24, 2.45) is 0 Å². The maximum absolute atomic E-state index is 13.0. The molecular formula is C10H11ClFNO2. The van der Waals surface area contributed by atoms with Crippen LogP contribution >= 0.6 is 11.6 Å². The first kappa shape index (κ1) is 11.9. The average molecular weight is 232 g/mol. The molecule has 15 heavy (non-hydrogen) atoms. The van der Waals surface area contributed by atoms with E-state index < -0.39 is 17.8 Å². The number of carbonyl (C=O) groups is 1. The van der Waals surface area contributed by atoms with Gasteiger partial charge in [0, 0.05) is 6.54 Å². The monoisotopic (exact) mass is 231 g/mol. The van der Waals surface area contributed by atoms with Gasteiger partial charge in [-0.15, -0.1) is 0 Å². The van der Waals surface area contributed by atoms with Crippen LogP contribution in [-0.2, 0) is 0 Å². The van der Waals surface area contributed by atoms with Crippen molar-refractivity contribution in [3.8, 4) is 0 Å². The van der Waals surface area contributed by atoms with Crippen LogP contribution < -0.4 is 5.32 Å². The van der Waals surface area contributed by atoms with Crippen molar-refractivity contribution >= 4 is 17.5 Å². The quantitative estimate of drug-likeness (QED) is 0.830. The lowest BCUT2D eigenvalue weighted by molar-refractivity contribution is 0.0924. The van der Waals surface area contributed by atoms with E-state index >= 15 is 0 Å². The average Bonchev–Trinajstić information content (AvgIpc) is 2.18. The summed E-state index contributed by atoms with van der Waals surface area (Å²) in [7, 11) is 0. The van der Waals surface area contributed by atoms with Crippen molar-refractivity contribution in [3.63, 3.8) is 0 Å². The van der Waals surface area contributed by atoms with Gasteiger partial charge >= 0.3 is 0 Å². The minimum absolute atomic E-state index is 0.0670. The van der Waals surface area contributed by atoms with Gasteiger partial charge in [0.25, 0.3) is 5.91 Å². The van der Waals surface area contributed by atoms with Gasteiger partial charge < -0.3 is 10.4 Å². The van der Waals surface area contributed by atoms with Crippen LogP contribution in [0, 0.1) is 5.82 Å². The first-order valence-electron chi connectivity index (χ1n) is 4.42. The molecule has 1 amide bonds. The molecule has 1 unspecified atom stereocenters. The lowest BCUT2D eigenvalue weighted by atomic mass is 10.2. The van der Waals surface area contributed by atoms with Gasteiger partial charge in [0.2, 0.25) is 0 Å². The number of aliphatic hydroxyl groups excluding tert-OH is 1. The van der Waals surface area contributed by atoms with Gasteiger partial charge in [0.15, 0.2) is 0 Å². The fraction of sp³-hybridized carbons (Fsp3) is 0.300. The summed E-state index contributed by atoms with van der Waals surface area (Å²) in [6, 6.07) is 4.00. The third kappa shape index (κ3) is 3.18. The fourth-order valence-corrected chi connectivity index (χ4v) is 1.23. The Morgan fingerprint density at radius 1 is 1.67 bits per heavy atom. The first-order valence-corrected chi connectivity index (χ1v) is 4.80. The Bertz CT molecular complexity index is 368. The molecule has 0 heterocycles. The third-order valence-electron chi connectivity index (χ3n) is 1.75. The van der Waals surface area contributed by atoms with E-state index in [1.165, 1.54) is 25.1 Å². The molecule has 0 aliphatic rings. The fourth-order valence-electron chi connectivity index (χ4n) is 1.01. The van der Waals surface area contributed by atoms with Gasteiger partial charge in [-0.25, -0.2) is 4.39 Å². The summed E-state index contributed by atoms with van der Waals surface area (Å²) >= 11 is 5.61. The second-order valence-corrected chi connectivity index (χ2v) is 3.54. The van der Waals surface area contributed by atoms with Crippen molar-refractivity contribution in [2.75, 3.05) is 6.54 Å². The summed E-state index contributed by atoms with van der Waals surface area (Å²) in [5.41, 5.74) is 0.0670. The summed E-state index contributed by atoms with van der Waals surface area (Å²) in [6.07, 6.45) is -0.652. The Hall–Kier alpha value is -1.13. The normalized spacial score (nSPS) is 12.3. The molecule has 0 aliphatic carbocycles. The maximum atomic E-state index is 13.0. The van der Waals surface area contributed by atoms with Crippen molar-refractivity contribution in [2.45, 2.75) is 13.0 Å². The Labute approximate surface area is 91.9 Å². The lowest BCUT2D eigenvalue weighted by Gasteiger charge is -2.08. The molecule has 0 fully saturated rings. The molecule has 0 radical (unpaired) electrons. The van der Waals surface area contributed by atoms with Crippen LogP contribution in [0.3, 0.4) is 0 Å². The largest absolute Gasteiger partial charge is 0.392 e. The van der Waals surface area contributed by atoms with Crippen LogP contribution in [0.4, 0.5) is 4.39 Å². The molecule has 2 N–H and O–H groups in total. The summed E-state index contributed by atoms with van der Waals surface area (Å²) in [5, 5.41) is 11.2. The molecule has 1 aromatic rings. The molecule has 0 aliphatic heterocycles. The standard InChI is InChI=1S/C10H11ClFNO2/c1-6(14)5-13-10(15)7-3-2-4-8(12)9(7)11/h2-4,6,14H,5H2,1H3,(H,13,15). The van der Waals surface area contributed by atoms with Gasteiger partial charge in [0.1, 0.15) is 5.82 Å². The summed E-state index contributed by atoms with van der Waals surface area (Å²) in [4.78, 5) is 11.4. The number of rotatable bonds is 3. The molecule has 82 valence electrons. The molecule has 1 atom stereocenters. The minimum Gasteiger partial charge on any atom is -0.392 e. The van der Waals surface area contributed by atoms with E-state index in [-0.39, 0.29) is 17.1 Å². The number of hydrogen-bond acceptors (Lipinski definition) is 2. The number of benzene rings is 1. The number of nitrogens with one attached hydrogen (secondary N) is 1. The van der Waals surface area contributed by atoms with Crippen LogP contribution in [-0.4, -0.2) is 23.7 Å². The van der Waals surface area contributed by atoms with Crippen molar-refractivity contribution in [1.29, 1.82) is 0 Å². The minimum atomic E-state index is -0.652. The molecule has 5 heteroatoms. The van der Waals surface area contributed by atoms with Gasteiger partial charge in [-0.05, 0) is 19.1 Å². The summed E-state index contributed by atoms with van der Waals surface area (Å²) in [5.74, 6) is -1.14. The molecule has 0 spiro atoms. The predicted octanol–water partition coefficient (Wildman–Crippen LogP) is 1.59. The molecule has 0 aromatic heterocycles. The Kier molecular flexibility index (Phi) is 4.05. The van der Waals surface area contributed by atoms with Gasteiger partial charge in [-0.1, -0.05) is 17.7 Å². The van der Waals surface area contributed by atoms with Crippen LogP contribution in [0.2, 0.25) is 5.02 Å². The van der Waals surface area contributed by atoms with E-state index in [1.807, 2.05) is 0 Å². The highest BCUT2D eigenvalue weighted by Gasteiger charge is 2.13. The second-order valence-electron chi connectivity index (χ2n) is 3.16. The first-order chi connectivity index (χ1) is 7.02. The number of amides is 1. The third-order valence-corrected chi connectivity index (χ3v) is 2.14. The molecule has 3 nitrogen and oxygen atoms in total. The van der Waals surface area contributed by atoms with Gasteiger partial charge in [-0.3, -0.25) is 4.79 Å². The van der Waals surface area contributed by atoms with Gasteiger partial charge in [0.05, 0.1) is 16.7 Å². The predicted molar refractivity (Wildman–Crippen MR) is 55.4 cm³/mol. The molecule has 1 aromatic carbocycles. The van der Waals surface area contributed by atoms with E-state index in [0.29, 0.717) is 0 Å². The highest BCUT2D eigenvalue weighted by atomic mass is 35.5. The van der Waals surface area contributed by atoms with Crippen LogP contribution in [0.1, 0.15) is 17.3 Å². The van der Waals surface area contributed by atoms with E-state index in [4.69, 9.17) is 16.7 Å². The highest BCUT2D eigenvalue weighted by Crippen LogP contribution is 2.19. The Morgan fingerprint density at radius 2 is 2.33 bits per heavy atom. The molecule has 0 bridgehead atoms. The van der Waals surface area contributed by atoms with E-state index in [0.717, 1.165) is 0 Å². The number of carbonyl (C=O) groups excluding carboxylic acids is 1. The molecular weight excluding hydrogens is 221 g/mol. The zero-order valence-corrected chi connectivity index (χ0v) is 8.88. The SMILES string of the molecule is CC(O)CNC(=O)c1cccc(F)c1Cl. The zero-order valence-electron chi connectivity index (χ0n) is 8.13. The van der Waals surface area contributed by atoms with E-state index in [9.17, 15) is 9.18 Å². The molecule has 0 saturated carbocycles.